The highest BCUT2D eigenvalue weighted by Gasteiger charge is 2.19. The Morgan fingerprint density at radius 2 is 0.875 bits per heavy atom. The van der Waals surface area contributed by atoms with E-state index in [4.69, 9.17) is 0 Å². The standard InChI is InChI=1S/C44H77NO3/c1-3-5-7-9-11-13-15-17-19-21-22-24-26-28-30-32-34-36-38-40-44(48)45-42(41-46)43(47)39-37-35-33-31-29-27-25-23-20-18-16-14-12-10-8-6-4-2/h5,7,11,13,17,19,22,24,28,30,34,36,42-43,46-47H,3-4,6,8-10,12,14-16,18,20-21,23,25-27,29,31-33,35,37-41H2,1-2H3,(H,45,48)/b7-5-,13-11-,19-17-,24-22-,30-28-,36-34-. The van der Waals surface area contributed by atoms with Crippen LogP contribution in [0.2, 0.25) is 0 Å². The van der Waals surface area contributed by atoms with E-state index in [1.165, 1.54) is 96.3 Å². The number of nitrogens with one attached hydrogen (secondary N) is 1. The van der Waals surface area contributed by atoms with Crippen molar-refractivity contribution < 1.29 is 15.0 Å². The van der Waals surface area contributed by atoms with Crippen LogP contribution in [-0.2, 0) is 4.79 Å². The fourth-order valence-electron chi connectivity index (χ4n) is 5.68. The first-order valence-electron chi connectivity index (χ1n) is 20.1. The minimum Gasteiger partial charge on any atom is -0.394 e. The van der Waals surface area contributed by atoms with E-state index in [2.05, 4.69) is 86.0 Å². The van der Waals surface area contributed by atoms with E-state index in [-0.39, 0.29) is 12.5 Å². The Kier molecular flexibility index (Phi) is 37.5. The number of allylic oxidation sites excluding steroid dienone is 12. The average Bonchev–Trinajstić information content (AvgIpc) is 3.09. The molecule has 0 fully saturated rings. The number of carbonyl (C=O) groups is 1. The average molecular weight is 668 g/mol. The molecule has 4 heteroatoms. The van der Waals surface area contributed by atoms with Gasteiger partial charge < -0.3 is 15.5 Å². The van der Waals surface area contributed by atoms with Crippen LogP contribution in [-0.4, -0.2) is 34.9 Å². The van der Waals surface area contributed by atoms with Crippen LogP contribution < -0.4 is 5.32 Å². The molecule has 0 saturated heterocycles. The van der Waals surface area contributed by atoms with Crippen molar-refractivity contribution in [3.63, 3.8) is 0 Å². The smallest absolute Gasteiger partial charge is 0.220 e. The normalized spacial score (nSPS) is 13.8. The number of amides is 1. The Labute approximate surface area is 298 Å². The fraction of sp³-hybridized carbons (Fsp3) is 0.705. The van der Waals surface area contributed by atoms with E-state index >= 15 is 0 Å². The van der Waals surface area contributed by atoms with Gasteiger partial charge in [-0.1, -0.05) is 196 Å². The van der Waals surface area contributed by atoms with E-state index in [1.807, 2.05) is 6.08 Å². The van der Waals surface area contributed by atoms with Crippen LogP contribution in [0.5, 0.6) is 0 Å². The Morgan fingerprint density at radius 1 is 0.521 bits per heavy atom. The van der Waals surface area contributed by atoms with Gasteiger partial charge in [-0.05, 0) is 51.4 Å². The predicted molar refractivity (Wildman–Crippen MR) is 211 cm³/mol. The van der Waals surface area contributed by atoms with Gasteiger partial charge in [-0.3, -0.25) is 4.79 Å². The predicted octanol–water partition coefficient (Wildman–Crippen LogP) is 12.3. The summed E-state index contributed by atoms with van der Waals surface area (Å²) in [6.07, 6.45) is 55.4. The zero-order chi connectivity index (χ0) is 35.0. The highest BCUT2D eigenvalue weighted by molar-refractivity contribution is 5.76. The van der Waals surface area contributed by atoms with E-state index in [1.54, 1.807) is 0 Å². The van der Waals surface area contributed by atoms with E-state index in [0.717, 1.165) is 51.4 Å². The number of rotatable bonds is 35. The lowest BCUT2D eigenvalue weighted by molar-refractivity contribution is -0.123. The molecule has 0 rings (SSSR count). The maximum atomic E-state index is 12.3. The van der Waals surface area contributed by atoms with Gasteiger partial charge in [-0.15, -0.1) is 0 Å². The zero-order valence-corrected chi connectivity index (χ0v) is 31.5. The van der Waals surface area contributed by atoms with Gasteiger partial charge in [0, 0.05) is 6.42 Å². The largest absolute Gasteiger partial charge is 0.394 e. The van der Waals surface area contributed by atoms with Gasteiger partial charge >= 0.3 is 0 Å². The van der Waals surface area contributed by atoms with Crippen LogP contribution in [0.3, 0.4) is 0 Å². The minimum atomic E-state index is -0.693. The number of hydrogen-bond donors (Lipinski definition) is 3. The summed E-state index contributed by atoms with van der Waals surface area (Å²) in [6, 6.07) is -0.580. The van der Waals surface area contributed by atoms with Crippen molar-refractivity contribution in [2.24, 2.45) is 0 Å². The van der Waals surface area contributed by atoms with Crippen molar-refractivity contribution >= 4 is 5.91 Å². The number of carbonyl (C=O) groups excluding carboxylic acids is 1. The van der Waals surface area contributed by atoms with Crippen molar-refractivity contribution in [3.05, 3.63) is 72.9 Å². The van der Waals surface area contributed by atoms with Crippen LogP contribution in [0.4, 0.5) is 0 Å². The lowest BCUT2D eigenvalue weighted by atomic mass is 10.0. The Balaban J connectivity index is 3.71. The molecular formula is C44H77NO3. The molecule has 0 aromatic rings. The Hall–Kier alpha value is -2.17. The van der Waals surface area contributed by atoms with Gasteiger partial charge in [-0.25, -0.2) is 0 Å². The van der Waals surface area contributed by atoms with Gasteiger partial charge in [0.1, 0.15) is 0 Å². The first-order chi connectivity index (χ1) is 23.7. The summed E-state index contributed by atoms with van der Waals surface area (Å²) < 4.78 is 0. The second kappa shape index (κ2) is 39.3. The van der Waals surface area contributed by atoms with Crippen LogP contribution in [0.15, 0.2) is 72.9 Å². The molecule has 0 aromatic heterocycles. The second-order valence-corrected chi connectivity index (χ2v) is 13.3. The molecule has 4 nitrogen and oxygen atoms in total. The maximum absolute atomic E-state index is 12.3. The number of aliphatic hydroxyl groups excluding tert-OH is 2. The molecule has 0 aliphatic heterocycles. The molecule has 0 radical (unpaired) electrons. The first kappa shape index (κ1) is 45.8. The molecule has 1 amide bonds. The third-order valence-electron chi connectivity index (χ3n) is 8.75. The van der Waals surface area contributed by atoms with Gasteiger partial charge in [0.05, 0.1) is 18.8 Å². The maximum Gasteiger partial charge on any atom is 0.220 e. The van der Waals surface area contributed by atoms with Crippen LogP contribution >= 0.6 is 0 Å². The van der Waals surface area contributed by atoms with E-state index in [9.17, 15) is 15.0 Å². The van der Waals surface area contributed by atoms with Crippen LogP contribution in [0.25, 0.3) is 0 Å². The molecule has 2 unspecified atom stereocenters. The molecule has 0 aliphatic rings. The third-order valence-corrected chi connectivity index (χ3v) is 8.75. The summed E-state index contributed by atoms with van der Waals surface area (Å²) in [6.45, 7) is 4.20. The molecule has 276 valence electrons. The van der Waals surface area contributed by atoms with Gasteiger partial charge in [0.25, 0.3) is 0 Å². The van der Waals surface area contributed by atoms with E-state index < -0.39 is 12.1 Å². The first-order valence-corrected chi connectivity index (χ1v) is 20.1. The third kappa shape index (κ3) is 35.1. The van der Waals surface area contributed by atoms with Gasteiger partial charge in [-0.2, -0.15) is 0 Å². The molecular weight excluding hydrogens is 590 g/mol. The molecule has 0 saturated carbocycles. The van der Waals surface area contributed by atoms with Crippen molar-refractivity contribution in [3.8, 4) is 0 Å². The highest BCUT2D eigenvalue weighted by Crippen LogP contribution is 2.15. The van der Waals surface area contributed by atoms with E-state index in [0.29, 0.717) is 19.3 Å². The molecule has 0 heterocycles. The molecule has 0 aromatic carbocycles. The molecule has 0 aliphatic carbocycles. The van der Waals surface area contributed by atoms with Gasteiger partial charge in [0.2, 0.25) is 5.91 Å². The SMILES string of the molecule is CC/C=C\C/C=C\C/C=C\C/C=C\C/C=C\C/C=C\CCC(=O)NC(CO)C(O)CCCCCCCCCCCCCCCCCCC. The lowest BCUT2D eigenvalue weighted by Gasteiger charge is -2.22. The Morgan fingerprint density at radius 3 is 1.25 bits per heavy atom. The summed E-state index contributed by atoms with van der Waals surface area (Å²) in [5.41, 5.74) is 0. The lowest BCUT2D eigenvalue weighted by Crippen LogP contribution is -2.45. The van der Waals surface area contributed by atoms with Crippen molar-refractivity contribution in [1.82, 2.24) is 5.32 Å². The summed E-state index contributed by atoms with van der Waals surface area (Å²) in [5, 5.41) is 23.1. The summed E-state index contributed by atoms with van der Waals surface area (Å²) in [7, 11) is 0. The zero-order valence-electron chi connectivity index (χ0n) is 31.5. The summed E-state index contributed by atoms with van der Waals surface area (Å²) in [5.74, 6) is -0.116. The van der Waals surface area contributed by atoms with Crippen molar-refractivity contribution in [2.45, 2.75) is 193 Å². The fourth-order valence-corrected chi connectivity index (χ4v) is 5.68. The second-order valence-electron chi connectivity index (χ2n) is 13.3. The number of unbranched alkanes of at least 4 members (excludes halogenated alkanes) is 16. The molecule has 0 bridgehead atoms. The topological polar surface area (TPSA) is 69.6 Å². The minimum absolute atomic E-state index is 0.116. The highest BCUT2D eigenvalue weighted by atomic mass is 16.3. The molecule has 2 atom stereocenters. The van der Waals surface area contributed by atoms with Gasteiger partial charge in [0.15, 0.2) is 0 Å². The summed E-state index contributed by atoms with van der Waals surface area (Å²) in [4.78, 5) is 12.3. The van der Waals surface area contributed by atoms with Crippen molar-refractivity contribution in [1.29, 1.82) is 0 Å². The molecule has 0 spiro atoms. The molecule has 3 N–H and O–H groups in total. The quantitative estimate of drug-likeness (QED) is 0.0465. The van der Waals surface area contributed by atoms with Crippen molar-refractivity contribution in [2.75, 3.05) is 6.61 Å². The monoisotopic (exact) mass is 668 g/mol. The number of aliphatic hydroxyl groups is 2. The summed E-state index contributed by atoms with van der Waals surface area (Å²) >= 11 is 0. The van der Waals surface area contributed by atoms with Crippen LogP contribution in [0, 0.1) is 0 Å². The molecule has 48 heavy (non-hydrogen) atoms. The van der Waals surface area contributed by atoms with Crippen LogP contribution in [0.1, 0.15) is 181 Å². The number of hydrogen-bond acceptors (Lipinski definition) is 3. The Bertz CT molecular complexity index is 853.